The SMILES string of the molecule is CC(C)CN(CC(=O)O)C(=O)NCCOC1CCCC1. The van der Waals surface area contributed by atoms with E-state index < -0.39 is 5.97 Å². The summed E-state index contributed by atoms with van der Waals surface area (Å²) in [5.41, 5.74) is 0. The second kappa shape index (κ2) is 8.79. The molecule has 6 heteroatoms. The molecule has 0 saturated heterocycles. The summed E-state index contributed by atoms with van der Waals surface area (Å²) in [5.74, 6) is -0.766. The number of urea groups is 1. The third kappa shape index (κ3) is 6.75. The van der Waals surface area contributed by atoms with Crippen LogP contribution in [0.3, 0.4) is 0 Å². The molecule has 2 amide bonds. The van der Waals surface area contributed by atoms with Crippen LogP contribution < -0.4 is 5.32 Å². The highest BCUT2D eigenvalue weighted by molar-refractivity contribution is 5.80. The van der Waals surface area contributed by atoms with E-state index in [1.165, 1.54) is 17.7 Å². The van der Waals surface area contributed by atoms with Gasteiger partial charge in [-0.1, -0.05) is 26.7 Å². The van der Waals surface area contributed by atoms with E-state index in [0.717, 1.165) is 12.8 Å². The van der Waals surface area contributed by atoms with Gasteiger partial charge in [-0.05, 0) is 18.8 Å². The maximum Gasteiger partial charge on any atom is 0.323 e. The number of carboxylic acid groups (broad SMARTS) is 1. The third-order valence-corrected chi connectivity index (χ3v) is 3.23. The van der Waals surface area contributed by atoms with E-state index in [2.05, 4.69) is 5.32 Å². The van der Waals surface area contributed by atoms with Crippen LogP contribution in [0.2, 0.25) is 0 Å². The fourth-order valence-electron chi connectivity index (χ4n) is 2.37. The zero-order valence-electron chi connectivity index (χ0n) is 12.4. The molecular weight excluding hydrogens is 260 g/mol. The predicted octanol–water partition coefficient (Wildman–Crippen LogP) is 1.70. The number of aliphatic carboxylic acids is 1. The summed E-state index contributed by atoms with van der Waals surface area (Å²) >= 11 is 0. The number of rotatable bonds is 8. The van der Waals surface area contributed by atoms with Crippen LogP contribution in [0.1, 0.15) is 39.5 Å². The van der Waals surface area contributed by atoms with Crippen LogP contribution in [0.5, 0.6) is 0 Å². The molecular formula is C14H26N2O4. The summed E-state index contributed by atoms with van der Waals surface area (Å²) in [6, 6.07) is -0.337. The minimum atomic E-state index is -0.997. The molecule has 20 heavy (non-hydrogen) atoms. The quantitative estimate of drug-likeness (QED) is 0.666. The minimum Gasteiger partial charge on any atom is -0.480 e. The molecule has 2 N–H and O–H groups in total. The van der Waals surface area contributed by atoms with E-state index in [4.69, 9.17) is 9.84 Å². The zero-order valence-corrected chi connectivity index (χ0v) is 12.4. The van der Waals surface area contributed by atoms with Crippen LogP contribution in [-0.2, 0) is 9.53 Å². The van der Waals surface area contributed by atoms with Gasteiger partial charge in [0.05, 0.1) is 12.7 Å². The first-order valence-corrected chi connectivity index (χ1v) is 7.35. The number of ether oxygens (including phenoxy) is 1. The van der Waals surface area contributed by atoms with Crippen molar-refractivity contribution in [2.75, 3.05) is 26.2 Å². The lowest BCUT2D eigenvalue weighted by molar-refractivity contribution is -0.137. The van der Waals surface area contributed by atoms with Gasteiger partial charge in [0, 0.05) is 13.1 Å². The molecule has 1 aliphatic carbocycles. The van der Waals surface area contributed by atoms with Crippen LogP contribution in [-0.4, -0.2) is 54.4 Å². The molecule has 116 valence electrons. The zero-order chi connectivity index (χ0) is 15.0. The third-order valence-electron chi connectivity index (χ3n) is 3.23. The smallest absolute Gasteiger partial charge is 0.323 e. The highest BCUT2D eigenvalue weighted by Gasteiger charge is 2.18. The summed E-state index contributed by atoms with van der Waals surface area (Å²) < 4.78 is 5.65. The Hall–Kier alpha value is -1.30. The number of carbonyl (C=O) groups is 2. The van der Waals surface area contributed by atoms with Gasteiger partial charge < -0.3 is 20.1 Å². The van der Waals surface area contributed by atoms with E-state index in [0.29, 0.717) is 25.8 Å². The predicted molar refractivity (Wildman–Crippen MR) is 75.7 cm³/mol. The lowest BCUT2D eigenvalue weighted by Crippen LogP contribution is -2.45. The van der Waals surface area contributed by atoms with E-state index in [1.54, 1.807) is 0 Å². The Morgan fingerprint density at radius 2 is 2.00 bits per heavy atom. The summed E-state index contributed by atoms with van der Waals surface area (Å²) in [7, 11) is 0. The molecule has 0 bridgehead atoms. The van der Waals surface area contributed by atoms with Gasteiger partial charge in [-0.2, -0.15) is 0 Å². The summed E-state index contributed by atoms with van der Waals surface area (Å²) in [6.07, 6.45) is 4.98. The number of amides is 2. The number of carboxylic acids is 1. The maximum atomic E-state index is 11.9. The van der Waals surface area contributed by atoms with Gasteiger partial charge in [-0.25, -0.2) is 4.79 Å². The molecule has 0 radical (unpaired) electrons. The number of nitrogens with one attached hydrogen (secondary N) is 1. The second-order valence-corrected chi connectivity index (χ2v) is 5.68. The first-order valence-electron chi connectivity index (χ1n) is 7.35. The van der Waals surface area contributed by atoms with Crippen LogP contribution in [0.15, 0.2) is 0 Å². The Bertz CT molecular complexity index is 314. The van der Waals surface area contributed by atoms with Gasteiger partial charge >= 0.3 is 12.0 Å². The second-order valence-electron chi connectivity index (χ2n) is 5.68. The van der Waals surface area contributed by atoms with Gasteiger partial charge in [-0.15, -0.1) is 0 Å². The first kappa shape index (κ1) is 16.8. The van der Waals surface area contributed by atoms with E-state index in [1.807, 2.05) is 13.8 Å². The molecule has 6 nitrogen and oxygen atoms in total. The molecule has 0 aromatic rings. The molecule has 0 aromatic carbocycles. The topological polar surface area (TPSA) is 78.9 Å². The van der Waals surface area contributed by atoms with Gasteiger partial charge in [0.1, 0.15) is 6.54 Å². The van der Waals surface area contributed by atoms with Crippen molar-refractivity contribution in [3.8, 4) is 0 Å². The Balaban J connectivity index is 2.23. The molecule has 0 unspecified atom stereocenters. The molecule has 1 fully saturated rings. The standard InChI is InChI=1S/C14H26N2O4/c1-11(2)9-16(10-13(17)18)14(19)15-7-8-20-12-5-3-4-6-12/h11-12H,3-10H2,1-2H3,(H,15,19)(H,17,18). The summed E-state index contributed by atoms with van der Waals surface area (Å²) in [5, 5.41) is 11.5. The molecule has 1 aliphatic rings. The first-order chi connectivity index (χ1) is 9.49. The molecule has 0 aromatic heterocycles. The largest absolute Gasteiger partial charge is 0.480 e. The summed E-state index contributed by atoms with van der Waals surface area (Å²) in [4.78, 5) is 24.0. The molecule has 0 spiro atoms. The van der Waals surface area contributed by atoms with E-state index >= 15 is 0 Å². The number of carbonyl (C=O) groups excluding carboxylic acids is 1. The van der Waals surface area contributed by atoms with Gasteiger partial charge in [0.25, 0.3) is 0 Å². The molecule has 0 aliphatic heterocycles. The highest BCUT2D eigenvalue weighted by atomic mass is 16.5. The average molecular weight is 286 g/mol. The molecule has 1 saturated carbocycles. The van der Waals surface area contributed by atoms with Gasteiger partial charge in [-0.3, -0.25) is 4.79 Å². The van der Waals surface area contributed by atoms with Gasteiger partial charge in [0.2, 0.25) is 0 Å². The number of hydrogen-bond donors (Lipinski definition) is 2. The van der Waals surface area contributed by atoms with Crippen molar-refractivity contribution in [1.29, 1.82) is 0 Å². The van der Waals surface area contributed by atoms with Crippen molar-refractivity contribution < 1.29 is 19.4 Å². The van der Waals surface area contributed by atoms with Crippen LogP contribution >= 0.6 is 0 Å². The summed E-state index contributed by atoms with van der Waals surface area (Å²) in [6.45, 7) is 4.97. The Kier molecular flexibility index (Phi) is 7.36. The molecule has 0 heterocycles. The Morgan fingerprint density at radius 3 is 2.55 bits per heavy atom. The van der Waals surface area contributed by atoms with Crippen LogP contribution in [0, 0.1) is 5.92 Å². The van der Waals surface area contributed by atoms with Gasteiger partial charge in [0.15, 0.2) is 0 Å². The Labute approximate surface area is 120 Å². The fourth-order valence-corrected chi connectivity index (χ4v) is 2.37. The van der Waals surface area contributed by atoms with Crippen molar-refractivity contribution in [3.05, 3.63) is 0 Å². The maximum absolute atomic E-state index is 11.9. The minimum absolute atomic E-state index is 0.231. The average Bonchev–Trinajstić information content (AvgIpc) is 2.85. The van der Waals surface area contributed by atoms with Crippen molar-refractivity contribution in [2.24, 2.45) is 5.92 Å². The lowest BCUT2D eigenvalue weighted by atomic mass is 10.2. The van der Waals surface area contributed by atoms with Crippen molar-refractivity contribution in [2.45, 2.75) is 45.6 Å². The number of hydrogen-bond acceptors (Lipinski definition) is 3. The van der Waals surface area contributed by atoms with Crippen LogP contribution in [0.4, 0.5) is 4.79 Å². The Morgan fingerprint density at radius 1 is 1.35 bits per heavy atom. The van der Waals surface area contributed by atoms with Crippen molar-refractivity contribution >= 4 is 12.0 Å². The highest BCUT2D eigenvalue weighted by Crippen LogP contribution is 2.20. The molecule has 0 atom stereocenters. The van der Waals surface area contributed by atoms with Crippen molar-refractivity contribution in [1.82, 2.24) is 10.2 Å². The fraction of sp³-hybridized carbons (Fsp3) is 0.857. The normalized spacial score (nSPS) is 15.6. The van der Waals surface area contributed by atoms with E-state index in [-0.39, 0.29) is 18.5 Å². The number of nitrogens with zero attached hydrogens (tertiary/aromatic N) is 1. The lowest BCUT2D eigenvalue weighted by Gasteiger charge is -2.23. The van der Waals surface area contributed by atoms with Crippen LogP contribution in [0.25, 0.3) is 0 Å². The van der Waals surface area contributed by atoms with Crippen molar-refractivity contribution in [3.63, 3.8) is 0 Å². The van der Waals surface area contributed by atoms with E-state index in [9.17, 15) is 9.59 Å². The molecule has 1 rings (SSSR count). The monoisotopic (exact) mass is 286 g/mol.